The van der Waals surface area contributed by atoms with Gasteiger partial charge in [0.25, 0.3) is 0 Å². The number of amides is 2. The molecule has 0 N–H and O–H groups in total. The molecule has 0 unspecified atom stereocenters. The Morgan fingerprint density at radius 3 is 2.29 bits per heavy atom. The highest BCUT2D eigenvalue weighted by Crippen LogP contribution is 2.40. The van der Waals surface area contributed by atoms with E-state index in [4.69, 9.17) is 4.74 Å². The Balaban J connectivity index is 1.87. The molecule has 2 aliphatic rings. The first kappa shape index (κ1) is 16.8. The summed E-state index contributed by atoms with van der Waals surface area (Å²) in [5, 5.41) is 0. The summed E-state index contributed by atoms with van der Waals surface area (Å²) in [4.78, 5) is 25.9. The van der Waals surface area contributed by atoms with E-state index in [0.29, 0.717) is 0 Å². The van der Waals surface area contributed by atoms with Crippen LogP contribution in [-0.2, 0) is 14.3 Å². The molecule has 1 spiro atoms. The van der Waals surface area contributed by atoms with Crippen LogP contribution in [0.25, 0.3) is 0 Å². The van der Waals surface area contributed by atoms with Crippen molar-refractivity contribution in [2.24, 2.45) is 0 Å². The number of rotatable bonds is 1. The third-order valence-corrected chi connectivity index (χ3v) is 4.54. The fourth-order valence-corrected chi connectivity index (χ4v) is 3.18. The molecule has 2 amide bonds. The number of nitrogens with zero attached hydrogens (tertiary/aromatic N) is 2. The van der Waals surface area contributed by atoms with Crippen molar-refractivity contribution in [1.82, 2.24) is 4.90 Å². The molecule has 8 heteroatoms. The summed E-state index contributed by atoms with van der Waals surface area (Å²) in [6.45, 7) is 1.94. The molecule has 2 heterocycles. The summed E-state index contributed by atoms with van der Waals surface area (Å²) in [6, 6.07) is 4.79. The van der Waals surface area contributed by atoms with Gasteiger partial charge in [0.2, 0.25) is 5.91 Å². The van der Waals surface area contributed by atoms with E-state index >= 15 is 0 Å². The van der Waals surface area contributed by atoms with Crippen LogP contribution in [0.15, 0.2) is 24.3 Å². The van der Waals surface area contributed by atoms with E-state index in [1.54, 1.807) is 4.90 Å². The number of morpholine rings is 1. The third-order valence-electron chi connectivity index (χ3n) is 4.54. The van der Waals surface area contributed by atoms with Gasteiger partial charge >= 0.3 is 12.0 Å². The number of benzene rings is 1. The molecule has 0 aromatic heterocycles. The van der Waals surface area contributed by atoms with Crippen molar-refractivity contribution in [3.8, 4) is 0 Å². The minimum atomic E-state index is -3.95. The Bertz CT molecular complexity index is 655. The van der Waals surface area contributed by atoms with Crippen LogP contribution in [0.4, 0.5) is 18.9 Å². The van der Waals surface area contributed by atoms with Gasteiger partial charge in [0.05, 0.1) is 12.1 Å². The van der Waals surface area contributed by atoms with Gasteiger partial charge in [-0.1, -0.05) is 0 Å². The van der Waals surface area contributed by atoms with E-state index in [2.05, 4.69) is 0 Å². The van der Waals surface area contributed by atoms with Crippen molar-refractivity contribution in [2.45, 2.75) is 31.5 Å². The largest absolute Gasteiger partial charge is 0.437 e. The number of alkyl halides is 2. The highest BCUT2D eigenvalue weighted by molar-refractivity contribution is 5.98. The second-order valence-corrected chi connectivity index (χ2v) is 6.18. The van der Waals surface area contributed by atoms with E-state index < -0.39 is 23.4 Å². The Kier molecular flexibility index (Phi) is 4.03. The van der Waals surface area contributed by atoms with Crippen LogP contribution >= 0.6 is 0 Å². The molecule has 1 aromatic carbocycles. The van der Waals surface area contributed by atoms with Gasteiger partial charge < -0.3 is 14.5 Å². The Morgan fingerprint density at radius 1 is 1.17 bits per heavy atom. The zero-order chi connectivity index (χ0) is 17.5. The molecule has 24 heavy (non-hydrogen) atoms. The summed E-state index contributed by atoms with van der Waals surface area (Å²) < 4.78 is 46.2. The van der Waals surface area contributed by atoms with Crippen LogP contribution in [0, 0.1) is 5.82 Å². The number of carbonyl (C=O) groups excluding carboxylic acids is 2. The number of carbonyl (C=O) groups is 2. The van der Waals surface area contributed by atoms with E-state index in [1.165, 1.54) is 19.1 Å². The zero-order valence-electron chi connectivity index (χ0n) is 13.1. The predicted molar refractivity (Wildman–Crippen MR) is 79.0 cm³/mol. The van der Waals surface area contributed by atoms with E-state index in [1.807, 2.05) is 0 Å². The number of hydrogen-bond donors (Lipinski definition) is 0. The van der Waals surface area contributed by atoms with Crippen LogP contribution in [0.3, 0.4) is 0 Å². The smallest absolute Gasteiger partial charge is 0.343 e. The number of hydrogen-bond acceptors (Lipinski definition) is 3. The van der Waals surface area contributed by atoms with Crippen molar-refractivity contribution in [3.63, 3.8) is 0 Å². The number of likely N-dealkylation sites (tertiary alicyclic amines) is 1. The van der Waals surface area contributed by atoms with Gasteiger partial charge in [0.1, 0.15) is 5.82 Å². The average Bonchev–Trinajstić information content (AvgIpc) is 2.52. The van der Waals surface area contributed by atoms with Crippen LogP contribution in [0.2, 0.25) is 0 Å². The van der Waals surface area contributed by atoms with Crippen molar-refractivity contribution < 1.29 is 27.5 Å². The van der Waals surface area contributed by atoms with Crippen molar-refractivity contribution >= 4 is 17.5 Å². The second kappa shape index (κ2) is 5.77. The lowest BCUT2D eigenvalue weighted by Gasteiger charge is -2.48. The van der Waals surface area contributed by atoms with Gasteiger partial charge in [-0.15, -0.1) is 0 Å². The summed E-state index contributed by atoms with van der Waals surface area (Å²) in [5.74, 6) is -2.11. The van der Waals surface area contributed by atoms with Crippen molar-refractivity contribution in [3.05, 3.63) is 30.1 Å². The minimum absolute atomic E-state index is 0.0567. The monoisotopic (exact) mass is 342 g/mol. The van der Waals surface area contributed by atoms with Gasteiger partial charge in [-0.2, -0.15) is 8.78 Å². The molecule has 0 atom stereocenters. The summed E-state index contributed by atoms with van der Waals surface area (Å²) in [6.07, 6.45) is -3.55. The molecule has 0 radical (unpaired) electrons. The fraction of sp³-hybridized carbons (Fsp3) is 0.500. The predicted octanol–water partition coefficient (Wildman–Crippen LogP) is 2.16. The SMILES string of the molecule is CC(=O)N1CCC2(CC1)CN(c1ccc(F)cc1)C(=O)C(F)(F)O2. The van der Waals surface area contributed by atoms with Crippen LogP contribution < -0.4 is 4.90 Å². The summed E-state index contributed by atoms with van der Waals surface area (Å²) in [5.41, 5.74) is -1.03. The van der Waals surface area contributed by atoms with E-state index in [0.717, 1.165) is 17.0 Å². The number of piperidine rings is 1. The minimum Gasteiger partial charge on any atom is -0.343 e. The maximum Gasteiger partial charge on any atom is 0.437 e. The van der Waals surface area contributed by atoms with Gasteiger partial charge in [-0.05, 0) is 37.1 Å². The first-order valence-electron chi connectivity index (χ1n) is 7.63. The van der Waals surface area contributed by atoms with E-state index in [9.17, 15) is 22.8 Å². The molecular formula is C16H17F3N2O3. The molecule has 0 saturated carbocycles. The molecule has 0 aliphatic carbocycles. The maximum atomic E-state index is 14.1. The van der Waals surface area contributed by atoms with Crippen molar-refractivity contribution in [1.29, 1.82) is 0 Å². The molecule has 3 rings (SSSR count). The van der Waals surface area contributed by atoms with Crippen LogP contribution in [0.5, 0.6) is 0 Å². The first-order chi connectivity index (χ1) is 11.2. The second-order valence-electron chi connectivity index (χ2n) is 6.18. The highest BCUT2D eigenvalue weighted by Gasteiger charge is 2.57. The number of anilines is 1. The van der Waals surface area contributed by atoms with Crippen LogP contribution in [-0.4, -0.2) is 48.1 Å². The Hall–Kier alpha value is -2.09. The summed E-state index contributed by atoms with van der Waals surface area (Å²) >= 11 is 0. The third kappa shape index (κ3) is 2.98. The molecule has 0 bridgehead atoms. The number of ether oxygens (including phenoxy) is 1. The lowest BCUT2D eigenvalue weighted by atomic mass is 9.88. The van der Waals surface area contributed by atoms with E-state index in [-0.39, 0.29) is 44.1 Å². The Labute approximate surface area is 137 Å². The highest BCUT2D eigenvalue weighted by atomic mass is 19.3. The lowest BCUT2D eigenvalue weighted by Crippen LogP contribution is -2.65. The standard InChI is InChI=1S/C16H17F3N2O3/c1-11(22)20-8-6-15(7-9-20)10-21(14(23)16(18,19)24-15)13-4-2-12(17)3-5-13/h2-5H,6-10H2,1H3. The molecule has 130 valence electrons. The van der Waals surface area contributed by atoms with Gasteiger partial charge in [-0.25, -0.2) is 4.39 Å². The molecule has 2 aliphatic heterocycles. The molecule has 2 fully saturated rings. The quantitative estimate of drug-likeness (QED) is 0.786. The molecule has 5 nitrogen and oxygen atoms in total. The first-order valence-corrected chi connectivity index (χ1v) is 7.63. The fourth-order valence-electron chi connectivity index (χ4n) is 3.18. The number of halogens is 3. The molecule has 1 aromatic rings. The van der Waals surface area contributed by atoms with Crippen molar-refractivity contribution in [2.75, 3.05) is 24.5 Å². The molecular weight excluding hydrogens is 325 g/mol. The normalized spacial score (nSPS) is 22.8. The maximum absolute atomic E-state index is 14.1. The Morgan fingerprint density at radius 2 is 1.75 bits per heavy atom. The average molecular weight is 342 g/mol. The summed E-state index contributed by atoms with van der Waals surface area (Å²) in [7, 11) is 0. The lowest BCUT2D eigenvalue weighted by molar-refractivity contribution is -0.292. The van der Waals surface area contributed by atoms with Gasteiger partial charge in [0.15, 0.2) is 0 Å². The van der Waals surface area contributed by atoms with Gasteiger partial charge in [-0.3, -0.25) is 9.59 Å². The van der Waals surface area contributed by atoms with Gasteiger partial charge in [0, 0.05) is 25.7 Å². The molecule has 2 saturated heterocycles. The zero-order valence-corrected chi connectivity index (χ0v) is 13.1. The topological polar surface area (TPSA) is 49.9 Å². The van der Waals surface area contributed by atoms with Crippen LogP contribution in [0.1, 0.15) is 19.8 Å².